The first-order valence-corrected chi connectivity index (χ1v) is 6.25. The lowest BCUT2D eigenvalue weighted by molar-refractivity contribution is 0.496. The van der Waals surface area contributed by atoms with E-state index in [4.69, 9.17) is 0 Å². The van der Waals surface area contributed by atoms with E-state index in [1.165, 1.54) is 6.07 Å². The van der Waals surface area contributed by atoms with Gasteiger partial charge in [0.25, 0.3) is 0 Å². The second-order valence-electron chi connectivity index (χ2n) is 4.30. The molecule has 0 aliphatic heterocycles. The number of aryl methyl sites for hydroxylation is 1. The molecule has 0 radical (unpaired) electrons. The minimum atomic E-state index is -1.22. The number of anilines is 1. The maximum atomic E-state index is 13.8. The molecule has 2 rings (SSSR count). The summed E-state index contributed by atoms with van der Waals surface area (Å²) in [5, 5.41) is 2.84. The molecule has 6 heteroatoms. The van der Waals surface area contributed by atoms with Crippen LogP contribution in [0.1, 0.15) is 19.2 Å². The third kappa shape index (κ3) is 2.89. The van der Waals surface area contributed by atoms with Gasteiger partial charge in [0.05, 0.1) is 5.69 Å². The van der Waals surface area contributed by atoms with Crippen LogP contribution in [0, 0.1) is 17.5 Å². The van der Waals surface area contributed by atoms with Gasteiger partial charge < -0.3 is 5.32 Å². The summed E-state index contributed by atoms with van der Waals surface area (Å²) in [5.41, 5.74) is 0.143. The van der Waals surface area contributed by atoms with Crippen molar-refractivity contribution in [3.63, 3.8) is 0 Å². The quantitative estimate of drug-likeness (QED) is 0.871. The average molecular weight is 281 g/mol. The maximum Gasteiger partial charge on any atom is 0.161 e. The van der Waals surface area contributed by atoms with Crippen LogP contribution in [0.4, 0.5) is 19.0 Å². The van der Waals surface area contributed by atoms with E-state index in [0.717, 1.165) is 12.5 Å². The highest BCUT2D eigenvalue weighted by Gasteiger charge is 2.14. The van der Waals surface area contributed by atoms with E-state index in [2.05, 4.69) is 15.3 Å². The standard InChI is InChI=1S/C14H14F3N3/c1-3-4-13-19-12(7-14(18-2)20-13)8-5-10(16)11(17)6-9(8)15/h5-7H,3-4H2,1-2H3,(H,18,19,20). The third-order valence-corrected chi connectivity index (χ3v) is 2.79. The van der Waals surface area contributed by atoms with E-state index in [9.17, 15) is 13.2 Å². The topological polar surface area (TPSA) is 37.8 Å². The van der Waals surface area contributed by atoms with Gasteiger partial charge in [-0.2, -0.15) is 0 Å². The number of halogens is 3. The largest absolute Gasteiger partial charge is 0.373 e. The van der Waals surface area contributed by atoms with Crippen molar-refractivity contribution in [1.82, 2.24) is 9.97 Å². The predicted molar refractivity (Wildman–Crippen MR) is 70.9 cm³/mol. The van der Waals surface area contributed by atoms with Crippen molar-refractivity contribution in [3.05, 3.63) is 41.5 Å². The van der Waals surface area contributed by atoms with Gasteiger partial charge in [0.1, 0.15) is 17.5 Å². The third-order valence-electron chi connectivity index (χ3n) is 2.79. The average Bonchev–Trinajstić information content (AvgIpc) is 2.42. The molecule has 1 N–H and O–H groups in total. The maximum absolute atomic E-state index is 13.8. The minimum Gasteiger partial charge on any atom is -0.373 e. The van der Waals surface area contributed by atoms with Crippen LogP contribution in [0.2, 0.25) is 0 Å². The monoisotopic (exact) mass is 281 g/mol. The Labute approximate surface area is 114 Å². The summed E-state index contributed by atoms with van der Waals surface area (Å²) in [5.74, 6) is -2.15. The van der Waals surface area contributed by atoms with Gasteiger partial charge in [0.2, 0.25) is 0 Å². The molecule has 0 bridgehead atoms. The minimum absolute atomic E-state index is 0.0832. The van der Waals surface area contributed by atoms with Crippen LogP contribution >= 0.6 is 0 Å². The Morgan fingerprint density at radius 3 is 2.35 bits per heavy atom. The molecular weight excluding hydrogens is 267 g/mol. The van der Waals surface area contributed by atoms with Crippen LogP contribution in [0.25, 0.3) is 11.3 Å². The van der Waals surface area contributed by atoms with Gasteiger partial charge in [-0.05, 0) is 12.5 Å². The smallest absolute Gasteiger partial charge is 0.161 e. The van der Waals surface area contributed by atoms with Crippen molar-refractivity contribution < 1.29 is 13.2 Å². The Bertz CT molecular complexity index is 629. The van der Waals surface area contributed by atoms with Crippen LogP contribution in [0.5, 0.6) is 0 Å². The molecule has 20 heavy (non-hydrogen) atoms. The summed E-state index contributed by atoms with van der Waals surface area (Å²) in [7, 11) is 1.67. The normalized spacial score (nSPS) is 10.7. The van der Waals surface area contributed by atoms with Crippen molar-refractivity contribution in [2.24, 2.45) is 0 Å². The number of hydrogen-bond acceptors (Lipinski definition) is 3. The zero-order valence-electron chi connectivity index (χ0n) is 11.2. The molecule has 0 atom stereocenters. The number of nitrogens with zero attached hydrogens (tertiary/aromatic N) is 2. The summed E-state index contributed by atoms with van der Waals surface area (Å²) in [6.07, 6.45) is 1.45. The Morgan fingerprint density at radius 2 is 1.70 bits per heavy atom. The van der Waals surface area contributed by atoms with Crippen LogP contribution in [0.15, 0.2) is 18.2 Å². The Balaban J connectivity index is 2.56. The molecular formula is C14H14F3N3. The summed E-state index contributed by atoms with van der Waals surface area (Å²) in [6, 6.07) is 2.82. The lowest BCUT2D eigenvalue weighted by Gasteiger charge is -2.08. The van der Waals surface area contributed by atoms with Crippen molar-refractivity contribution in [2.45, 2.75) is 19.8 Å². The lowest BCUT2D eigenvalue weighted by atomic mass is 10.1. The number of rotatable bonds is 4. The fraction of sp³-hybridized carbons (Fsp3) is 0.286. The fourth-order valence-corrected chi connectivity index (χ4v) is 1.82. The molecule has 0 fully saturated rings. The number of nitrogens with one attached hydrogen (secondary N) is 1. The first kappa shape index (κ1) is 14.3. The molecule has 0 saturated heterocycles. The van der Waals surface area contributed by atoms with Crippen molar-refractivity contribution in [3.8, 4) is 11.3 Å². The zero-order valence-corrected chi connectivity index (χ0v) is 11.2. The first-order valence-electron chi connectivity index (χ1n) is 6.25. The van der Waals surface area contributed by atoms with Crippen LogP contribution in [0.3, 0.4) is 0 Å². The van der Waals surface area contributed by atoms with Gasteiger partial charge in [-0.3, -0.25) is 0 Å². The second kappa shape index (κ2) is 5.90. The van der Waals surface area contributed by atoms with Crippen LogP contribution in [-0.4, -0.2) is 17.0 Å². The molecule has 0 spiro atoms. The van der Waals surface area contributed by atoms with Crippen molar-refractivity contribution in [2.75, 3.05) is 12.4 Å². The van der Waals surface area contributed by atoms with Gasteiger partial charge in [-0.1, -0.05) is 6.92 Å². The summed E-state index contributed by atoms with van der Waals surface area (Å²) < 4.78 is 40.0. The second-order valence-corrected chi connectivity index (χ2v) is 4.30. The molecule has 0 aliphatic rings. The molecule has 2 aromatic rings. The summed E-state index contributed by atoms with van der Waals surface area (Å²) in [4.78, 5) is 8.42. The van der Waals surface area contributed by atoms with Gasteiger partial charge in [0.15, 0.2) is 11.6 Å². The number of aromatic nitrogens is 2. The van der Waals surface area contributed by atoms with Gasteiger partial charge in [-0.15, -0.1) is 0 Å². The van der Waals surface area contributed by atoms with Gasteiger partial charge >= 0.3 is 0 Å². The first-order chi connectivity index (χ1) is 9.55. The van der Waals surface area contributed by atoms with Crippen LogP contribution in [-0.2, 0) is 6.42 Å². The molecule has 1 heterocycles. The molecule has 1 aromatic carbocycles. The van der Waals surface area contributed by atoms with Gasteiger partial charge in [0, 0.05) is 31.2 Å². The summed E-state index contributed by atoms with van der Waals surface area (Å²) >= 11 is 0. The summed E-state index contributed by atoms with van der Waals surface area (Å²) in [6.45, 7) is 1.97. The van der Waals surface area contributed by atoms with E-state index >= 15 is 0 Å². The molecule has 0 amide bonds. The SMILES string of the molecule is CCCc1nc(NC)cc(-c2cc(F)c(F)cc2F)n1. The molecule has 0 saturated carbocycles. The molecule has 1 aromatic heterocycles. The fourth-order valence-electron chi connectivity index (χ4n) is 1.82. The Kier molecular flexibility index (Phi) is 4.22. The molecule has 3 nitrogen and oxygen atoms in total. The Hall–Kier alpha value is -2.11. The molecule has 0 aliphatic carbocycles. The highest BCUT2D eigenvalue weighted by Crippen LogP contribution is 2.25. The molecule has 106 valence electrons. The van der Waals surface area contributed by atoms with Crippen LogP contribution < -0.4 is 5.32 Å². The van der Waals surface area contributed by atoms with Crippen molar-refractivity contribution >= 4 is 5.82 Å². The lowest BCUT2D eigenvalue weighted by Crippen LogP contribution is -2.03. The zero-order chi connectivity index (χ0) is 14.7. The van der Waals surface area contributed by atoms with E-state index in [1.807, 2.05) is 6.92 Å². The predicted octanol–water partition coefficient (Wildman–Crippen LogP) is 3.56. The van der Waals surface area contributed by atoms with Gasteiger partial charge in [-0.25, -0.2) is 23.1 Å². The number of hydrogen-bond donors (Lipinski definition) is 1. The van der Waals surface area contributed by atoms with Crippen molar-refractivity contribution in [1.29, 1.82) is 0 Å². The van der Waals surface area contributed by atoms with E-state index in [0.29, 0.717) is 24.1 Å². The van der Waals surface area contributed by atoms with E-state index < -0.39 is 17.5 Å². The number of benzene rings is 1. The van der Waals surface area contributed by atoms with E-state index in [1.54, 1.807) is 7.05 Å². The van der Waals surface area contributed by atoms with E-state index in [-0.39, 0.29) is 11.3 Å². The highest BCUT2D eigenvalue weighted by atomic mass is 19.2. The highest BCUT2D eigenvalue weighted by molar-refractivity contribution is 5.63. The molecule has 0 unspecified atom stereocenters. The Morgan fingerprint density at radius 1 is 1.00 bits per heavy atom.